The number of nitrogens with one attached hydrogen (secondary N) is 1. The number of hydrogen-bond acceptors (Lipinski definition) is 2. The maximum atomic E-state index is 5.81. The fraction of sp³-hybridized carbons (Fsp3) is 0.222. The van der Waals surface area contributed by atoms with E-state index in [9.17, 15) is 0 Å². The van der Waals surface area contributed by atoms with Gasteiger partial charge in [-0.25, -0.2) is 0 Å². The van der Waals surface area contributed by atoms with Gasteiger partial charge in [-0.2, -0.15) is 0 Å². The summed E-state index contributed by atoms with van der Waals surface area (Å²) in [5, 5.41) is 0. The van der Waals surface area contributed by atoms with Crippen LogP contribution in [0.3, 0.4) is 0 Å². The molecule has 2 rings (SSSR count). The Bertz CT molecular complexity index is 363. The SMILES string of the molecule is NC1=[NH+]CCOc2cc(Br)ccc21. The normalized spacial score (nSPS) is 15.3. The average molecular weight is 242 g/mol. The zero-order valence-corrected chi connectivity index (χ0v) is 8.60. The third-order valence-electron chi connectivity index (χ3n) is 1.91. The Morgan fingerprint density at radius 1 is 1.46 bits per heavy atom. The molecule has 0 fully saturated rings. The summed E-state index contributed by atoms with van der Waals surface area (Å²) in [6.45, 7) is 1.39. The van der Waals surface area contributed by atoms with Gasteiger partial charge in [0.25, 0.3) is 5.84 Å². The van der Waals surface area contributed by atoms with Gasteiger partial charge in [-0.3, -0.25) is 10.7 Å². The summed E-state index contributed by atoms with van der Waals surface area (Å²) in [5.41, 5.74) is 6.74. The van der Waals surface area contributed by atoms with E-state index in [0.29, 0.717) is 12.4 Å². The first-order valence-corrected chi connectivity index (χ1v) is 4.86. The highest BCUT2D eigenvalue weighted by atomic mass is 79.9. The maximum Gasteiger partial charge on any atom is 0.276 e. The molecule has 0 unspecified atom stereocenters. The van der Waals surface area contributed by atoms with Crippen LogP contribution in [-0.4, -0.2) is 19.0 Å². The van der Waals surface area contributed by atoms with E-state index in [2.05, 4.69) is 20.9 Å². The lowest BCUT2D eigenvalue weighted by Gasteiger charge is -2.04. The molecule has 1 aromatic rings. The van der Waals surface area contributed by atoms with Gasteiger partial charge in [0, 0.05) is 4.47 Å². The Kier molecular flexibility index (Phi) is 2.22. The number of hydrogen-bond donors (Lipinski definition) is 2. The molecule has 0 aromatic heterocycles. The predicted molar refractivity (Wildman–Crippen MR) is 53.8 cm³/mol. The van der Waals surface area contributed by atoms with Crippen molar-refractivity contribution in [2.75, 3.05) is 13.2 Å². The highest BCUT2D eigenvalue weighted by Crippen LogP contribution is 2.23. The summed E-state index contributed by atoms with van der Waals surface area (Å²) in [6.07, 6.45) is 0. The lowest BCUT2D eigenvalue weighted by atomic mass is 10.2. The first-order valence-electron chi connectivity index (χ1n) is 4.06. The molecule has 0 saturated carbocycles. The van der Waals surface area contributed by atoms with Crippen LogP contribution < -0.4 is 15.5 Å². The predicted octanol–water partition coefficient (Wildman–Crippen LogP) is -0.373. The molecule has 0 amide bonds. The second kappa shape index (κ2) is 3.38. The van der Waals surface area contributed by atoms with Crippen molar-refractivity contribution < 1.29 is 9.73 Å². The summed E-state index contributed by atoms with van der Waals surface area (Å²) in [4.78, 5) is 3.07. The van der Waals surface area contributed by atoms with E-state index in [1.165, 1.54) is 0 Å². The lowest BCUT2D eigenvalue weighted by Crippen LogP contribution is -2.76. The Labute approximate surface area is 84.7 Å². The third kappa shape index (κ3) is 1.67. The van der Waals surface area contributed by atoms with Crippen molar-refractivity contribution in [3.63, 3.8) is 0 Å². The van der Waals surface area contributed by atoms with Crippen molar-refractivity contribution in [1.82, 2.24) is 0 Å². The van der Waals surface area contributed by atoms with Crippen molar-refractivity contribution in [2.24, 2.45) is 5.73 Å². The molecular weight excluding hydrogens is 232 g/mol. The molecule has 13 heavy (non-hydrogen) atoms. The van der Waals surface area contributed by atoms with Crippen molar-refractivity contribution in [1.29, 1.82) is 0 Å². The van der Waals surface area contributed by atoms with E-state index < -0.39 is 0 Å². The fourth-order valence-electron chi connectivity index (χ4n) is 1.28. The number of amidine groups is 1. The van der Waals surface area contributed by atoms with E-state index >= 15 is 0 Å². The number of nitrogens with two attached hydrogens (primary N) is 1. The number of halogens is 1. The molecule has 1 heterocycles. The summed E-state index contributed by atoms with van der Waals surface area (Å²) < 4.78 is 6.51. The monoisotopic (exact) mass is 241 g/mol. The van der Waals surface area contributed by atoms with Crippen LogP contribution in [0.15, 0.2) is 22.7 Å². The standard InChI is InChI=1S/C9H9BrN2O/c10-6-1-2-7-8(5-6)13-4-3-12-9(7)11/h1-2,5H,3-4H2,(H2,11,12)/p+1. The molecule has 0 spiro atoms. The van der Waals surface area contributed by atoms with Crippen molar-refractivity contribution in [2.45, 2.75) is 0 Å². The van der Waals surface area contributed by atoms with Gasteiger partial charge in [0.05, 0.1) is 0 Å². The second-order valence-electron chi connectivity index (χ2n) is 2.83. The van der Waals surface area contributed by atoms with Crippen molar-refractivity contribution in [3.05, 3.63) is 28.2 Å². The van der Waals surface area contributed by atoms with Crippen molar-refractivity contribution in [3.8, 4) is 5.75 Å². The molecule has 0 atom stereocenters. The van der Waals surface area contributed by atoms with Gasteiger partial charge < -0.3 is 4.74 Å². The van der Waals surface area contributed by atoms with Crippen LogP contribution in [0, 0.1) is 0 Å². The summed E-state index contributed by atoms with van der Waals surface area (Å²) >= 11 is 3.39. The first kappa shape index (κ1) is 8.56. The first-order chi connectivity index (χ1) is 6.27. The number of fused-ring (bicyclic) bond motifs is 1. The van der Waals surface area contributed by atoms with Gasteiger partial charge in [0.1, 0.15) is 24.5 Å². The van der Waals surface area contributed by atoms with Crippen LogP contribution >= 0.6 is 15.9 Å². The molecule has 68 valence electrons. The topological polar surface area (TPSA) is 49.2 Å². The van der Waals surface area contributed by atoms with Gasteiger partial charge >= 0.3 is 0 Å². The van der Waals surface area contributed by atoms with Gasteiger partial charge in [-0.05, 0) is 18.2 Å². The molecule has 0 aliphatic carbocycles. The van der Waals surface area contributed by atoms with Gasteiger partial charge in [-0.15, -0.1) is 0 Å². The van der Waals surface area contributed by atoms with Crippen LogP contribution in [0.5, 0.6) is 5.75 Å². The minimum atomic E-state index is 0.643. The Morgan fingerprint density at radius 2 is 2.31 bits per heavy atom. The lowest BCUT2D eigenvalue weighted by molar-refractivity contribution is -0.458. The second-order valence-corrected chi connectivity index (χ2v) is 3.75. The molecule has 4 heteroatoms. The van der Waals surface area contributed by atoms with Gasteiger partial charge in [0.2, 0.25) is 0 Å². The van der Waals surface area contributed by atoms with Crippen LogP contribution in [0.25, 0.3) is 0 Å². The molecular formula is C9H10BrN2O+. The minimum Gasteiger partial charge on any atom is -0.489 e. The zero-order valence-electron chi connectivity index (χ0n) is 7.01. The number of rotatable bonds is 0. The highest BCUT2D eigenvalue weighted by Gasteiger charge is 2.14. The molecule has 1 aliphatic heterocycles. The Hall–Kier alpha value is -1.03. The Balaban J connectivity index is 2.52. The molecule has 1 aliphatic rings. The zero-order chi connectivity index (χ0) is 9.26. The summed E-state index contributed by atoms with van der Waals surface area (Å²) in [7, 11) is 0. The Morgan fingerprint density at radius 3 is 3.15 bits per heavy atom. The number of benzene rings is 1. The van der Waals surface area contributed by atoms with E-state index in [-0.39, 0.29) is 0 Å². The van der Waals surface area contributed by atoms with E-state index in [1.54, 1.807) is 0 Å². The van der Waals surface area contributed by atoms with Crippen LogP contribution in [0.2, 0.25) is 0 Å². The van der Waals surface area contributed by atoms with Crippen LogP contribution in [0.1, 0.15) is 5.56 Å². The van der Waals surface area contributed by atoms with Crippen molar-refractivity contribution >= 4 is 21.8 Å². The molecule has 0 bridgehead atoms. The minimum absolute atomic E-state index is 0.643. The van der Waals surface area contributed by atoms with E-state index in [1.807, 2.05) is 18.2 Å². The number of ether oxygens (including phenoxy) is 1. The van der Waals surface area contributed by atoms with E-state index in [4.69, 9.17) is 10.5 Å². The van der Waals surface area contributed by atoms with Crippen LogP contribution in [0.4, 0.5) is 0 Å². The largest absolute Gasteiger partial charge is 0.489 e. The summed E-state index contributed by atoms with van der Waals surface area (Å²) in [5.74, 6) is 1.51. The van der Waals surface area contributed by atoms with Gasteiger partial charge in [0.15, 0.2) is 0 Å². The smallest absolute Gasteiger partial charge is 0.276 e. The van der Waals surface area contributed by atoms with Gasteiger partial charge in [-0.1, -0.05) is 15.9 Å². The number of nitrogen functional groups attached to an aromatic ring is 1. The quantitative estimate of drug-likeness (QED) is 0.652. The molecule has 0 radical (unpaired) electrons. The molecule has 3 nitrogen and oxygen atoms in total. The third-order valence-corrected chi connectivity index (χ3v) is 2.40. The maximum absolute atomic E-state index is 5.81. The van der Waals surface area contributed by atoms with Crippen LogP contribution in [-0.2, 0) is 0 Å². The summed E-state index contributed by atoms with van der Waals surface area (Å²) in [6, 6.07) is 5.81. The molecule has 3 N–H and O–H groups in total. The highest BCUT2D eigenvalue weighted by molar-refractivity contribution is 9.10. The average Bonchev–Trinajstić information content (AvgIpc) is 2.28. The fourth-order valence-corrected chi connectivity index (χ4v) is 1.62. The molecule has 1 aromatic carbocycles. The van der Waals surface area contributed by atoms with E-state index in [0.717, 1.165) is 22.3 Å². The molecule has 0 saturated heterocycles.